The number of carbonyl (C=O) groups is 2. The molecule has 2 heterocycles. The third-order valence-corrected chi connectivity index (χ3v) is 4.48. The van der Waals surface area contributed by atoms with Crippen molar-refractivity contribution >= 4 is 18.0 Å². The van der Waals surface area contributed by atoms with E-state index < -0.39 is 0 Å². The monoisotopic (exact) mass is 329 g/mol. The van der Waals surface area contributed by atoms with Crippen LogP contribution in [0.1, 0.15) is 30.9 Å². The molecule has 5 heteroatoms. The second kappa shape index (κ2) is 7.51. The van der Waals surface area contributed by atoms with Gasteiger partial charge in [0.15, 0.2) is 0 Å². The van der Waals surface area contributed by atoms with Crippen molar-refractivity contribution in [3.63, 3.8) is 0 Å². The van der Waals surface area contributed by atoms with Crippen LogP contribution in [0.5, 0.6) is 5.75 Å². The fourth-order valence-corrected chi connectivity index (χ4v) is 3.21. The summed E-state index contributed by atoms with van der Waals surface area (Å²) in [7, 11) is 0. The fourth-order valence-electron chi connectivity index (χ4n) is 3.21. The fraction of sp³-hybridized carbons (Fsp3) is 0.474. The maximum atomic E-state index is 12.4. The summed E-state index contributed by atoms with van der Waals surface area (Å²) < 4.78 is 10.6. The third-order valence-electron chi connectivity index (χ3n) is 4.48. The number of rotatable bonds is 4. The molecule has 24 heavy (non-hydrogen) atoms. The molecule has 2 aliphatic heterocycles. The van der Waals surface area contributed by atoms with E-state index in [1.54, 1.807) is 17.9 Å². The number of carbonyl (C=O) groups excluding carboxylic acids is 2. The minimum absolute atomic E-state index is 0.0549. The zero-order valence-electron chi connectivity index (χ0n) is 14.0. The van der Waals surface area contributed by atoms with E-state index >= 15 is 0 Å². The van der Waals surface area contributed by atoms with Crippen molar-refractivity contribution in [1.82, 2.24) is 4.90 Å². The summed E-state index contributed by atoms with van der Waals surface area (Å²) >= 11 is 0. The summed E-state index contributed by atoms with van der Waals surface area (Å²) in [5.74, 6) is 0.485. The number of amides is 1. The first kappa shape index (κ1) is 16.6. The summed E-state index contributed by atoms with van der Waals surface area (Å²) in [5.41, 5.74) is 2.18. The van der Waals surface area contributed by atoms with Gasteiger partial charge in [-0.25, -0.2) is 0 Å². The van der Waals surface area contributed by atoms with Gasteiger partial charge in [-0.15, -0.1) is 0 Å². The lowest BCUT2D eigenvalue weighted by Crippen LogP contribution is -2.42. The number of hydrogen-bond acceptors (Lipinski definition) is 4. The zero-order chi connectivity index (χ0) is 16.9. The lowest BCUT2D eigenvalue weighted by Gasteiger charge is -2.30. The van der Waals surface area contributed by atoms with Gasteiger partial charge in [0.05, 0.1) is 19.1 Å². The zero-order valence-corrected chi connectivity index (χ0v) is 14.0. The predicted molar refractivity (Wildman–Crippen MR) is 90.6 cm³/mol. The highest BCUT2D eigenvalue weighted by Gasteiger charge is 2.28. The Bertz CT molecular complexity index is 653. The van der Waals surface area contributed by atoms with E-state index in [4.69, 9.17) is 9.47 Å². The van der Waals surface area contributed by atoms with Crippen molar-refractivity contribution in [1.29, 1.82) is 0 Å². The lowest BCUT2D eigenvalue weighted by atomic mass is 9.98. The Morgan fingerprint density at radius 2 is 2.29 bits per heavy atom. The predicted octanol–water partition coefficient (Wildman–Crippen LogP) is 2.44. The largest absolute Gasteiger partial charge is 0.493 e. The quantitative estimate of drug-likeness (QED) is 0.629. The Morgan fingerprint density at radius 1 is 1.42 bits per heavy atom. The molecule has 1 fully saturated rings. The first-order valence-corrected chi connectivity index (χ1v) is 8.56. The summed E-state index contributed by atoms with van der Waals surface area (Å²) in [6.07, 6.45) is 5.95. The molecule has 5 nitrogen and oxygen atoms in total. The summed E-state index contributed by atoms with van der Waals surface area (Å²) in [4.78, 5) is 26.0. The van der Waals surface area contributed by atoms with E-state index in [1.807, 2.05) is 18.2 Å². The van der Waals surface area contributed by atoms with Crippen LogP contribution in [0.25, 0.3) is 6.08 Å². The molecule has 1 atom stereocenters. The van der Waals surface area contributed by atoms with Crippen LogP contribution in [-0.4, -0.2) is 43.1 Å². The molecule has 1 aromatic rings. The SMILES string of the molecule is CCOC(=O)[C@H]1CCCN(C(=O)/C=C/c2ccc3c(c2)CCO3)C1. The molecule has 0 spiro atoms. The molecule has 128 valence electrons. The standard InChI is InChI=1S/C19H23NO4/c1-2-23-19(22)16-4-3-10-20(13-16)18(21)8-6-14-5-7-17-15(12-14)9-11-24-17/h5-8,12,16H,2-4,9-11,13H2,1H3/b8-6+/t16-/m0/s1. The molecule has 2 aliphatic rings. The Balaban J connectivity index is 1.60. The molecular formula is C19H23NO4. The second-order valence-corrected chi connectivity index (χ2v) is 6.17. The van der Waals surface area contributed by atoms with Crippen LogP contribution >= 0.6 is 0 Å². The maximum absolute atomic E-state index is 12.4. The van der Waals surface area contributed by atoms with Crippen molar-refractivity contribution in [2.45, 2.75) is 26.2 Å². The van der Waals surface area contributed by atoms with E-state index in [1.165, 1.54) is 5.56 Å². The van der Waals surface area contributed by atoms with Gasteiger partial charge in [0.2, 0.25) is 5.91 Å². The van der Waals surface area contributed by atoms with Crippen LogP contribution in [0.2, 0.25) is 0 Å². The molecule has 0 N–H and O–H groups in total. The van der Waals surface area contributed by atoms with Gasteiger partial charge in [-0.1, -0.05) is 6.07 Å². The molecule has 3 rings (SSSR count). The van der Waals surface area contributed by atoms with E-state index in [-0.39, 0.29) is 17.8 Å². The van der Waals surface area contributed by atoms with Crippen LogP contribution in [0.15, 0.2) is 24.3 Å². The lowest BCUT2D eigenvalue weighted by molar-refractivity contribution is -0.150. The molecule has 0 unspecified atom stereocenters. The highest BCUT2D eigenvalue weighted by Crippen LogP contribution is 2.26. The van der Waals surface area contributed by atoms with Crippen molar-refractivity contribution in [3.8, 4) is 5.75 Å². The number of hydrogen-bond donors (Lipinski definition) is 0. The van der Waals surface area contributed by atoms with Crippen molar-refractivity contribution < 1.29 is 19.1 Å². The highest BCUT2D eigenvalue weighted by atomic mass is 16.5. The van der Waals surface area contributed by atoms with Crippen LogP contribution < -0.4 is 4.74 Å². The van der Waals surface area contributed by atoms with Crippen LogP contribution in [-0.2, 0) is 20.7 Å². The van der Waals surface area contributed by atoms with Crippen LogP contribution in [0, 0.1) is 5.92 Å². The Labute approximate surface area is 142 Å². The van der Waals surface area contributed by atoms with Gasteiger partial charge in [0.25, 0.3) is 0 Å². The van der Waals surface area contributed by atoms with Crippen molar-refractivity contribution in [3.05, 3.63) is 35.4 Å². The summed E-state index contributed by atoms with van der Waals surface area (Å²) in [5, 5.41) is 0. The minimum atomic E-state index is -0.201. The highest BCUT2D eigenvalue weighted by molar-refractivity contribution is 5.92. The molecular weight excluding hydrogens is 306 g/mol. The molecule has 0 bridgehead atoms. The molecule has 1 amide bonds. The third kappa shape index (κ3) is 3.78. The molecule has 0 radical (unpaired) electrons. The van der Waals surface area contributed by atoms with Gasteiger partial charge in [-0.05, 0) is 49.1 Å². The van der Waals surface area contributed by atoms with Gasteiger partial charge in [0, 0.05) is 25.6 Å². The van der Waals surface area contributed by atoms with E-state index in [2.05, 4.69) is 6.07 Å². The molecule has 0 aliphatic carbocycles. The Hall–Kier alpha value is -2.30. The number of fused-ring (bicyclic) bond motifs is 1. The Morgan fingerprint density at radius 3 is 3.12 bits per heavy atom. The Kier molecular flexibility index (Phi) is 5.18. The molecule has 1 saturated heterocycles. The number of likely N-dealkylation sites (tertiary alicyclic amines) is 1. The van der Waals surface area contributed by atoms with Gasteiger partial charge >= 0.3 is 5.97 Å². The van der Waals surface area contributed by atoms with Crippen LogP contribution in [0.4, 0.5) is 0 Å². The average Bonchev–Trinajstić information content (AvgIpc) is 3.07. The molecule has 0 aromatic heterocycles. The second-order valence-electron chi connectivity index (χ2n) is 6.17. The molecule has 0 saturated carbocycles. The number of benzene rings is 1. The maximum Gasteiger partial charge on any atom is 0.310 e. The number of ether oxygens (including phenoxy) is 2. The van der Waals surface area contributed by atoms with Gasteiger partial charge in [0.1, 0.15) is 5.75 Å². The normalized spacial score (nSPS) is 19.9. The number of esters is 1. The number of nitrogens with zero attached hydrogens (tertiary/aromatic N) is 1. The van der Waals surface area contributed by atoms with Gasteiger partial charge in [-0.2, -0.15) is 0 Å². The van der Waals surface area contributed by atoms with Crippen molar-refractivity contribution in [2.75, 3.05) is 26.3 Å². The van der Waals surface area contributed by atoms with Crippen molar-refractivity contribution in [2.24, 2.45) is 5.92 Å². The first-order chi connectivity index (χ1) is 11.7. The smallest absolute Gasteiger partial charge is 0.310 e. The summed E-state index contributed by atoms with van der Waals surface area (Å²) in [6.45, 7) is 4.04. The summed E-state index contributed by atoms with van der Waals surface area (Å²) in [6, 6.07) is 5.96. The minimum Gasteiger partial charge on any atom is -0.493 e. The van der Waals surface area contributed by atoms with Gasteiger partial charge in [-0.3, -0.25) is 9.59 Å². The number of piperidine rings is 1. The van der Waals surface area contributed by atoms with E-state index in [0.717, 1.165) is 37.2 Å². The van der Waals surface area contributed by atoms with Crippen LogP contribution in [0.3, 0.4) is 0 Å². The topological polar surface area (TPSA) is 55.8 Å². The molecule has 1 aromatic carbocycles. The van der Waals surface area contributed by atoms with E-state index in [9.17, 15) is 9.59 Å². The van der Waals surface area contributed by atoms with E-state index in [0.29, 0.717) is 19.7 Å². The first-order valence-electron chi connectivity index (χ1n) is 8.56. The average molecular weight is 329 g/mol. The van der Waals surface area contributed by atoms with Gasteiger partial charge < -0.3 is 14.4 Å².